The monoisotopic (exact) mass is 775 g/mol. The average Bonchev–Trinajstić information content (AvgIpc) is 3.34. The zero-order valence-corrected chi connectivity index (χ0v) is 33.6. The van der Waals surface area contributed by atoms with Crippen molar-refractivity contribution in [3.8, 4) is 55.6 Å². The highest BCUT2D eigenvalue weighted by molar-refractivity contribution is 6.14. The predicted molar refractivity (Wildman–Crippen MR) is 261 cm³/mol. The van der Waals surface area contributed by atoms with Crippen LogP contribution in [-0.2, 0) is 0 Å². The van der Waals surface area contributed by atoms with Gasteiger partial charge >= 0.3 is 0 Å². The molecule has 0 saturated heterocycles. The molecular formula is C60H41N. The van der Waals surface area contributed by atoms with Crippen molar-refractivity contribution in [3.05, 3.63) is 249 Å². The molecule has 286 valence electrons. The van der Waals surface area contributed by atoms with Crippen LogP contribution in [0.4, 0.5) is 17.1 Å². The summed E-state index contributed by atoms with van der Waals surface area (Å²) < 4.78 is 0. The Morgan fingerprint density at radius 2 is 0.639 bits per heavy atom. The Hall–Kier alpha value is -8.00. The summed E-state index contributed by atoms with van der Waals surface area (Å²) in [5.74, 6) is 0. The molecule has 0 atom stereocenters. The lowest BCUT2D eigenvalue weighted by atomic mass is 9.88. The molecule has 0 aromatic heterocycles. The van der Waals surface area contributed by atoms with Crippen LogP contribution in [0.15, 0.2) is 249 Å². The van der Waals surface area contributed by atoms with Crippen molar-refractivity contribution in [1.29, 1.82) is 0 Å². The molecule has 0 heterocycles. The first-order valence-corrected chi connectivity index (χ1v) is 21.0. The summed E-state index contributed by atoms with van der Waals surface area (Å²) in [5.41, 5.74) is 15.3. The summed E-state index contributed by atoms with van der Waals surface area (Å²) in [6.07, 6.45) is 0. The minimum atomic E-state index is 1.08. The van der Waals surface area contributed by atoms with Gasteiger partial charge in [0.1, 0.15) is 0 Å². The lowest BCUT2D eigenvalue weighted by molar-refractivity contribution is 1.28. The second kappa shape index (κ2) is 15.6. The lowest BCUT2D eigenvalue weighted by Crippen LogP contribution is -2.11. The third-order valence-electron chi connectivity index (χ3n) is 12.1. The fourth-order valence-corrected chi connectivity index (χ4v) is 9.21. The van der Waals surface area contributed by atoms with Crippen LogP contribution in [0.1, 0.15) is 0 Å². The molecule has 0 N–H and O–H groups in total. The van der Waals surface area contributed by atoms with Gasteiger partial charge in [-0.1, -0.05) is 212 Å². The molecule has 0 fully saturated rings. The zero-order chi connectivity index (χ0) is 40.5. The van der Waals surface area contributed by atoms with Gasteiger partial charge in [-0.25, -0.2) is 0 Å². The number of hydrogen-bond acceptors (Lipinski definition) is 1. The summed E-state index contributed by atoms with van der Waals surface area (Å²) in [6.45, 7) is 0. The first-order chi connectivity index (χ1) is 30.3. The molecule has 0 radical (unpaired) electrons. The van der Waals surface area contributed by atoms with E-state index >= 15 is 0 Å². The van der Waals surface area contributed by atoms with Crippen molar-refractivity contribution in [3.63, 3.8) is 0 Å². The molecule has 0 amide bonds. The Bertz CT molecular complexity index is 3340. The highest BCUT2D eigenvalue weighted by Crippen LogP contribution is 2.46. The number of benzene rings is 11. The maximum absolute atomic E-state index is 2.42. The zero-order valence-electron chi connectivity index (χ0n) is 33.6. The third kappa shape index (κ3) is 6.63. The third-order valence-corrected chi connectivity index (χ3v) is 12.1. The molecular weight excluding hydrogens is 735 g/mol. The maximum atomic E-state index is 2.42. The predicted octanol–water partition coefficient (Wildman–Crippen LogP) is 17.0. The highest BCUT2D eigenvalue weighted by atomic mass is 15.1. The minimum Gasteiger partial charge on any atom is -0.310 e. The minimum absolute atomic E-state index is 1.08. The largest absolute Gasteiger partial charge is 0.310 e. The molecule has 0 aliphatic rings. The van der Waals surface area contributed by atoms with Crippen LogP contribution in [0.3, 0.4) is 0 Å². The molecule has 0 unspecified atom stereocenters. The fraction of sp³-hybridized carbons (Fsp3) is 0. The van der Waals surface area contributed by atoms with Gasteiger partial charge in [0, 0.05) is 16.9 Å². The topological polar surface area (TPSA) is 3.24 Å². The Balaban J connectivity index is 1.08. The average molecular weight is 776 g/mol. The summed E-state index contributed by atoms with van der Waals surface area (Å²) in [6, 6.07) is 90.4. The SMILES string of the molecule is c1ccc(-c2ccccc2-c2ccccc2-c2ccccc2N(c2ccc(-c3cccc4ccccc34)cc2)c2ccc(-c3cc4ccccc4c4ccccc34)cc2)cc1. The number of rotatable bonds is 8. The van der Waals surface area contributed by atoms with Crippen LogP contribution in [-0.4, -0.2) is 0 Å². The smallest absolute Gasteiger partial charge is 0.0540 e. The van der Waals surface area contributed by atoms with E-state index in [2.05, 4.69) is 254 Å². The van der Waals surface area contributed by atoms with Gasteiger partial charge in [0.2, 0.25) is 0 Å². The number of hydrogen-bond donors (Lipinski definition) is 0. The van der Waals surface area contributed by atoms with Crippen molar-refractivity contribution in [1.82, 2.24) is 0 Å². The molecule has 1 nitrogen and oxygen atoms in total. The number of fused-ring (bicyclic) bond motifs is 4. The molecule has 11 aromatic carbocycles. The molecule has 0 spiro atoms. The number of para-hydroxylation sites is 1. The van der Waals surface area contributed by atoms with Crippen LogP contribution in [0.25, 0.3) is 88.0 Å². The van der Waals surface area contributed by atoms with Crippen molar-refractivity contribution < 1.29 is 0 Å². The van der Waals surface area contributed by atoms with Gasteiger partial charge in [-0.05, 0) is 119 Å². The van der Waals surface area contributed by atoms with E-state index in [4.69, 9.17) is 0 Å². The molecule has 0 saturated carbocycles. The van der Waals surface area contributed by atoms with Crippen molar-refractivity contribution >= 4 is 49.4 Å². The number of nitrogens with zero attached hydrogens (tertiary/aromatic N) is 1. The van der Waals surface area contributed by atoms with Gasteiger partial charge in [-0.15, -0.1) is 0 Å². The van der Waals surface area contributed by atoms with E-state index in [1.807, 2.05) is 0 Å². The van der Waals surface area contributed by atoms with E-state index in [9.17, 15) is 0 Å². The molecule has 0 aliphatic carbocycles. The highest BCUT2D eigenvalue weighted by Gasteiger charge is 2.21. The van der Waals surface area contributed by atoms with Gasteiger partial charge in [0.05, 0.1) is 5.69 Å². The van der Waals surface area contributed by atoms with E-state index in [0.717, 1.165) is 22.6 Å². The van der Waals surface area contributed by atoms with E-state index in [1.54, 1.807) is 0 Å². The fourth-order valence-electron chi connectivity index (χ4n) is 9.21. The standard InChI is InChI=1S/C60H41N/c1-2-17-42(18-3-1)51-23-8-9-25-53(51)55-27-11-12-28-56(55)58-30-14-15-32-60(58)61(47-37-33-44(34-38-47)50-31-16-21-43-19-4-6-22-49(43)50)48-39-35-45(36-40-48)59-41-46-20-5-7-24-52(46)54-26-10-13-29-57(54)59/h1-41H. The van der Waals surface area contributed by atoms with Crippen LogP contribution in [0.5, 0.6) is 0 Å². The molecule has 0 aliphatic heterocycles. The Kier molecular flexibility index (Phi) is 9.26. The van der Waals surface area contributed by atoms with E-state index in [0.29, 0.717) is 0 Å². The molecule has 1 heteroatoms. The van der Waals surface area contributed by atoms with Gasteiger partial charge in [-0.3, -0.25) is 0 Å². The summed E-state index contributed by atoms with van der Waals surface area (Å²) in [4.78, 5) is 2.42. The van der Waals surface area contributed by atoms with Crippen LogP contribution in [0.2, 0.25) is 0 Å². The van der Waals surface area contributed by atoms with Crippen molar-refractivity contribution in [2.45, 2.75) is 0 Å². The Morgan fingerprint density at radius 1 is 0.213 bits per heavy atom. The summed E-state index contributed by atoms with van der Waals surface area (Å²) in [7, 11) is 0. The lowest BCUT2D eigenvalue weighted by Gasteiger charge is -2.29. The molecule has 11 rings (SSSR count). The van der Waals surface area contributed by atoms with Gasteiger partial charge < -0.3 is 4.90 Å². The van der Waals surface area contributed by atoms with E-state index < -0.39 is 0 Å². The van der Waals surface area contributed by atoms with Gasteiger partial charge in [0.25, 0.3) is 0 Å². The van der Waals surface area contributed by atoms with Crippen molar-refractivity contribution in [2.24, 2.45) is 0 Å². The van der Waals surface area contributed by atoms with Crippen LogP contribution < -0.4 is 4.90 Å². The van der Waals surface area contributed by atoms with Crippen LogP contribution in [0, 0.1) is 0 Å². The second-order valence-electron chi connectivity index (χ2n) is 15.6. The van der Waals surface area contributed by atoms with Gasteiger partial charge in [0.15, 0.2) is 0 Å². The summed E-state index contributed by atoms with van der Waals surface area (Å²) in [5, 5.41) is 7.55. The van der Waals surface area contributed by atoms with E-state index in [1.165, 1.54) is 82.4 Å². The normalized spacial score (nSPS) is 11.3. The Morgan fingerprint density at radius 3 is 1.33 bits per heavy atom. The quantitative estimate of drug-likeness (QED) is 0.139. The second-order valence-corrected chi connectivity index (χ2v) is 15.6. The van der Waals surface area contributed by atoms with Crippen molar-refractivity contribution in [2.75, 3.05) is 4.90 Å². The first kappa shape index (κ1) is 36.1. The Labute approximate surface area is 357 Å². The van der Waals surface area contributed by atoms with Gasteiger partial charge in [-0.2, -0.15) is 0 Å². The van der Waals surface area contributed by atoms with Crippen LogP contribution >= 0.6 is 0 Å². The molecule has 11 aromatic rings. The molecule has 0 bridgehead atoms. The summed E-state index contributed by atoms with van der Waals surface area (Å²) >= 11 is 0. The molecule has 61 heavy (non-hydrogen) atoms. The first-order valence-electron chi connectivity index (χ1n) is 21.0. The maximum Gasteiger partial charge on any atom is 0.0540 e. The number of anilines is 3. The van der Waals surface area contributed by atoms with E-state index in [-0.39, 0.29) is 0 Å².